The Hall–Kier alpha value is -1.21. The Kier molecular flexibility index (Phi) is 37.9. The van der Waals surface area contributed by atoms with Gasteiger partial charge in [-0.2, -0.15) is 0 Å². The number of aliphatic hydroxyl groups excluding tert-OH is 11. The first-order valence-electron chi connectivity index (χ1n) is 30.3. The first kappa shape index (κ1) is 69.1. The minimum Gasteiger partial charge on any atom is -0.394 e. The lowest BCUT2D eigenvalue weighted by Crippen LogP contribution is -2.66. The van der Waals surface area contributed by atoms with Gasteiger partial charge in [0.1, 0.15) is 73.2 Å². The van der Waals surface area contributed by atoms with Gasteiger partial charge in [-0.3, -0.25) is 4.79 Å². The van der Waals surface area contributed by atoms with Crippen LogP contribution in [0.1, 0.15) is 226 Å². The lowest BCUT2D eigenvalue weighted by Gasteiger charge is -2.48. The normalized spacial score (nSPS) is 30.9. The van der Waals surface area contributed by atoms with Crippen LogP contribution in [0, 0.1) is 0 Å². The minimum absolute atomic E-state index is 0.255. The van der Waals surface area contributed by atoms with Crippen molar-refractivity contribution in [2.45, 2.75) is 330 Å². The van der Waals surface area contributed by atoms with E-state index in [1.807, 2.05) is 6.92 Å². The molecule has 76 heavy (non-hydrogen) atoms. The number of hydrogen-bond donors (Lipinski definition) is 12. The third-order valence-electron chi connectivity index (χ3n) is 15.7. The zero-order valence-electron chi connectivity index (χ0n) is 46.8. The van der Waals surface area contributed by atoms with Crippen molar-refractivity contribution in [3.05, 3.63) is 0 Å². The van der Waals surface area contributed by atoms with Gasteiger partial charge in [-0.1, -0.05) is 206 Å². The highest BCUT2D eigenvalue weighted by atomic mass is 16.8. The van der Waals surface area contributed by atoms with E-state index in [0.29, 0.717) is 12.8 Å². The van der Waals surface area contributed by atoms with Crippen LogP contribution in [-0.4, -0.2) is 193 Å². The van der Waals surface area contributed by atoms with Gasteiger partial charge in [-0.25, -0.2) is 0 Å². The number of carbonyl (C=O) groups is 1. The average molecular weight is 1100 g/mol. The molecule has 12 N–H and O–H groups in total. The van der Waals surface area contributed by atoms with Crippen molar-refractivity contribution in [1.82, 2.24) is 5.32 Å². The Labute approximate surface area is 455 Å². The fraction of sp³-hybridized carbons (Fsp3) is 0.982. The molecule has 3 aliphatic rings. The quantitative estimate of drug-likeness (QED) is 0.0348. The zero-order chi connectivity index (χ0) is 55.5. The highest BCUT2D eigenvalue weighted by Gasteiger charge is 2.53. The van der Waals surface area contributed by atoms with E-state index in [-0.39, 0.29) is 18.9 Å². The largest absolute Gasteiger partial charge is 0.394 e. The molecule has 17 atom stereocenters. The molecule has 19 nitrogen and oxygen atoms in total. The summed E-state index contributed by atoms with van der Waals surface area (Å²) in [5.41, 5.74) is 0. The van der Waals surface area contributed by atoms with Crippen molar-refractivity contribution in [3.8, 4) is 0 Å². The van der Waals surface area contributed by atoms with Crippen LogP contribution in [0.5, 0.6) is 0 Å². The third kappa shape index (κ3) is 25.7. The van der Waals surface area contributed by atoms with Crippen LogP contribution in [0.4, 0.5) is 0 Å². The van der Waals surface area contributed by atoms with Gasteiger partial charge in [0.25, 0.3) is 0 Å². The lowest BCUT2D eigenvalue weighted by molar-refractivity contribution is -0.379. The van der Waals surface area contributed by atoms with Crippen LogP contribution in [-0.2, 0) is 33.2 Å². The topological polar surface area (TPSA) is 307 Å². The summed E-state index contributed by atoms with van der Waals surface area (Å²) in [4.78, 5) is 12.9. The van der Waals surface area contributed by atoms with Crippen molar-refractivity contribution in [2.75, 3.05) is 26.4 Å². The summed E-state index contributed by atoms with van der Waals surface area (Å²) in [6.45, 7) is 1.61. The van der Waals surface area contributed by atoms with Crippen molar-refractivity contribution >= 4 is 5.91 Å². The van der Waals surface area contributed by atoms with Gasteiger partial charge in [-0.15, -0.1) is 0 Å². The molecule has 0 aromatic heterocycles. The van der Waals surface area contributed by atoms with Crippen LogP contribution in [0.3, 0.4) is 0 Å². The average Bonchev–Trinajstić information content (AvgIpc) is 3.42. The minimum atomic E-state index is -1.97. The third-order valence-corrected chi connectivity index (χ3v) is 15.7. The smallest absolute Gasteiger partial charge is 0.220 e. The summed E-state index contributed by atoms with van der Waals surface area (Å²) in [5, 5.41) is 119. The number of amides is 1. The van der Waals surface area contributed by atoms with Gasteiger partial charge in [0.05, 0.1) is 38.6 Å². The standard InChI is InChI=1S/C57H109NO18/c1-3-5-7-8-9-10-11-12-13-14-15-16-17-18-19-20-21-22-23-24-25-26-27-28-29-30-31-33-34-41(62)40(58-45(63)35-32-6-4-2)39-71-55-51(69)48(66)53(43(37-60)73-55)76-57-52(70)49(67)54(44(38-61)74-57)75-56-50(68)47(65)46(64)42(36-59)72-56/h40-44,46-57,59-62,64-70H,3-39H2,1-2H3,(H,58,63). The number of nitrogens with one attached hydrogen (secondary N) is 1. The summed E-state index contributed by atoms with van der Waals surface area (Å²) >= 11 is 0. The molecule has 3 rings (SSSR count). The molecular formula is C57H109NO18. The van der Waals surface area contributed by atoms with Gasteiger partial charge in [0.2, 0.25) is 5.91 Å². The molecule has 3 saturated heterocycles. The summed E-state index contributed by atoms with van der Waals surface area (Å²) in [6.07, 6.45) is 13.4. The van der Waals surface area contributed by atoms with Gasteiger partial charge >= 0.3 is 0 Å². The van der Waals surface area contributed by atoms with Crippen molar-refractivity contribution in [1.29, 1.82) is 0 Å². The van der Waals surface area contributed by atoms with Gasteiger partial charge < -0.3 is 89.9 Å². The Morgan fingerprint density at radius 2 is 0.750 bits per heavy atom. The zero-order valence-corrected chi connectivity index (χ0v) is 46.8. The maximum absolute atomic E-state index is 12.9. The van der Waals surface area contributed by atoms with Crippen LogP contribution in [0.2, 0.25) is 0 Å². The molecular weight excluding hydrogens is 987 g/mol. The first-order valence-corrected chi connectivity index (χ1v) is 30.3. The maximum atomic E-state index is 12.9. The van der Waals surface area contributed by atoms with E-state index in [0.717, 1.165) is 38.5 Å². The fourth-order valence-electron chi connectivity index (χ4n) is 10.7. The molecule has 19 heteroatoms. The Morgan fingerprint density at radius 1 is 0.421 bits per heavy atom. The van der Waals surface area contributed by atoms with E-state index in [1.54, 1.807) is 0 Å². The molecule has 0 aromatic carbocycles. The van der Waals surface area contributed by atoms with Crippen molar-refractivity contribution in [3.63, 3.8) is 0 Å². The van der Waals surface area contributed by atoms with Crippen LogP contribution in [0.15, 0.2) is 0 Å². The Balaban J connectivity index is 1.32. The van der Waals surface area contributed by atoms with Gasteiger partial charge in [-0.05, 0) is 12.8 Å². The molecule has 1 amide bonds. The molecule has 0 aromatic rings. The van der Waals surface area contributed by atoms with E-state index >= 15 is 0 Å². The van der Waals surface area contributed by atoms with E-state index in [4.69, 9.17) is 28.4 Å². The monoisotopic (exact) mass is 1100 g/mol. The second kappa shape index (κ2) is 41.7. The van der Waals surface area contributed by atoms with Gasteiger partial charge in [0, 0.05) is 6.42 Å². The van der Waals surface area contributed by atoms with E-state index < -0.39 is 124 Å². The van der Waals surface area contributed by atoms with E-state index in [1.165, 1.54) is 154 Å². The number of rotatable bonds is 45. The summed E-state index contributed by atoms with van der Waals surface area (Å²) in [5.74, 6) is -0.265. The molecule has 3 heterocycles. The Morgan fingerprint density at radius 3 is 1.14 bits per heavy atom. The fourth-order valence-corrected chi connectivity index (χ4v) is 10.7. The van der Waals surface area contributed by atoms with Gasteiger partial charge in [0.15, 0.2) is 18.9 Å². The molecule has 450 valence electrons. The van der Waals surface area contributed by atoms with Crippen LogP contribution in [0.25, 0.3) is 0 Å². The molecule has 3 aliphatic heterocycles. The second-order valence-corrected chi connectivity index (χ2v) is 22.2. The SMILES string of the molecule is CCCCCCCCCCCCCCCCCCCCCCCCCCCCCCC(O)C(COC1OC(CO)C(OC2OC(CO)C(OC3OC(CO)C(O)C(O)C3O)C(O)C2O)C(O)C1O)NC(=O)CCCCC. The highest BCUT2D eigenvalue weighted by molar-refractivity contribution is 5.76. The lowest BCUT2D eigenvalue weighted by atomic mass is 9.96. The molecule has 0 spiro atoms. The van der Waals surface area contributed by atoms with E-state index in [2.05, 4.69) is 12.2 Å². The predicted molar refractivity (Wildman–Crippen MR) is 287 cm³/mol. The number of ether oxygens (including phenoxy) is 6. The van der Waals surface area contributed by atoms with E-state index in [9.17, 15) is 61.0 Å². The summed E-state index contributed by atoms with van der Waals surface area (Å²) < 4.78 is 34.1. The molecule has 0 saturated carbocycles. The van der Waals surface area contributed by atoms with Crippen molar-refractivity contribution < 1.29 is 89.4 Å². The molecule has 0 radical (unpaired) electrons. The molecule has 0 bridgehead atoms. The predicted octanol–water partition coefficient (Wildman–Crippen LogP) is 5.21. The Bertz CT molecular complexity index is 1400. The molecule has 17 unspecified atom stereocenters. The number of aliphatic hydroxyl groups is 11. The summed E-state index contributed by atoms with van der Waals surface area (Å²) in [7, 11) is 0. The molecule has 3 fully saturated rings. The first-order chi connectivity index (χ1) is 36.8. The summed E-state index contributed by atoms with van der Waals surface area (Å²) in [6, 6.07) is -0.877. The second-order valence-electron chi connectivity index (χ2n) is 22.2. The van der Waals surface area contributed by atoms with Crippen LogP contribution >= 0.6 is 0 Å². The highest BCUT2D eigenvalue weighted by Crippen LogP contribution is 2.33. The maximum Gasteiger partial charge on any atom is 0.220 e. The molecule has 0 aliphatic carbocycles. The van der Waals surface area contributed by atoms with Crippen LogP contribution < -0.4 is 5.32 Å². The number of hydrogen-bond acceptors (Lipinski definition) is 18. The number of unbranched alkanes of at least 4 members (excludes halogenated alkanes) is 29. The number of carbonyl (C=O) groups excluding carboxylic acids is 1. The van der Waals surface area contributed by atoms with Crippen molar-refractivity contribution in [2.24, 2.45) is 0 Å².